The van der Waals surface area contributed by atoms with E-state index in [1.807, 2.05) is 31.2 Å². The molecule has 1 rings (SSSR count). The molecule has 1 aromatic rings. The minimum absolute atomic E-state index is 0.762. The van der Waals surface area contributed by atoms with Gasteiger partial charge in [0.25, 0.3) is 0 Å². The number of rotatable bonds is 1. The Morgan fingerprint density at radius 3 is 2.00 bits per heavy atom. The average Bonchev–Trinajstić information content (AvgIpc) is 2.19. The van der Waals surface area contributed by atoms with E-state index in [0.717, 1.165) is 11.1 Å². The minimum atomic E-state index is 0.762. The van der Waals surface area contributed by atoms with Gasteiger partial charge in [-0.15, -0.1) is 0 Å². The van der Waals surface area contributed by atoms with Crippen molar-refractivity contribution in [3.8, 4) is 6.07 Å². The van der Waals surface area contributed by atoms with Crippen LogP contribution in [-0.4, -0.2) is 0 Å². The quantitative estimate of drug-likeness (QED) is 0.638. The van der Waals surface area contributed by atoms with E-state index in [0.29, 0.717) is 0 Å². The Hall–Kier alpha value is -1.29. The van der Waals surface area contributed by atoms with Gasteiger partial charge >= 0.3 is 0 Å². The zero-order valence-corrected chi connectivity index (χ0v) is 8.67. The van der Waals surface area contributed by atoms with Crippen LogP contribution in [0.2, 0.25) is 0 Å². The van der Waals surface area contributed by atoms with Gasteiger partial charge in [0.05, 0.1) is 11.6 Å². The second-order valence-corrected chi connectivity index (χ2v) is 2.93. The van der Waals surface area contributed by atoms with Crippen molar-refractivity contribution in [1.29, 1.82) is 5.26 Å². The van der Waals surface area contributed by atoms with Gasteiger partial charge in [0.15, 0.2) is 0 Å². The van der Waals surface area contributed by atoms with Gasteiger partial charge in [-0.3, -0.25) is 0 Å². The molecule has 0 aliphatic heterocycles. The van der Waals surface area contributed by atoms with E-state index in [1.54, 1.807) is 0 Å². The highest BCUT2D eigenvalue weighted by Gasteiger charge is 1.89. The predicted octanol–water partition coefficient (Wildman–Crippen LogP) is 3.67. The molecule has 0 saturated heterocycles. The average molecular weight is 175 g/mol. The first kappa shape index (κ1) is 11.7. The zero-order valence-electron chi connectivity index (χ0n) is 8.67. The molecule has 1 heteroatoms. The van der Waals surface area contributed by atoms with Crippen LogP contribution in [-0.2, 0) is 0 Å². The number of unbranched alkanes of at least 4 members (excludes halogenated alkanes) is 1. The molecule has 13 heavy (non-hydrogen) atoms. The molecule has 0 aliphatic carbocycles. The number of hydrogen-bond acceptors (Lipinski definition) is 1. The van der Waals surface area contributed by atoms with E-state index < -0.39 is 0 Å². The number of hydrogen-bond donors (Lipinski definition) is 0. The summed E-state index contributed by atoms with van der Waals surface area (Å²) in [5, 5.41) is 8.47. The van der Waals surface area contributed by atoms with E-state index in [2.05, 4.69) is 19.9 Å². The monoisotopic (exact) mass is 175 g/mol. The number of nitrogens with zero attached hydrogens (tertiary/aromatic N) is 1. The van der Waals surface area contributed by atoms with Gasteiger partial charge < -0.3 is 0 Å². The van der Waals surface area contributed by atoms with Gasteiger partial charge in [0, 0.05) is 0 Å². The van der Waals surface area contributed by atoms with Crippen LogP contribution in [0.25, 0.3) is 0 Å². The molecule has 0 radical (unpaired) electrons. The SMILES string of the molecule is CCCC.Cc1ccccc1C#N. The minimum Gasteiger partial charge on any atom is -0.192 e. The van der Waals surface area contributed by atoms with Crippen molar-refractivity contribution in [3.63, 3.8) is 0 Å². The maximum atomic E-state index is 8.47. The van der Waals surface area contributed by atoms with E-state index in [1.165, 1.54) is 12.8 Å². The Labute approximate surface area is 81.0 Å². The molecule has 0 amide bonds. The third-order valence-electron chi connectivity index (χ3n) is 1.77. The molecule has 0 fully saturated rings. The Balaban J connectivity index is 0.000000310. The summed E-state index contributed by atoms with van der Waals surface area (Å²) in [7, 11) is 0. The first-order chi connectivity index (χ1) is 6.26. The van der Waals surface area contributed by atoms with E-state index in [4.69, 9.17) is 5.26 Å². The van der Waals surface area contributed by atoms with Crippen LogP contribution in [0.15, 0.2) is 24.3 Å². The van der Waals surface area contributed by atoms with Crippen molar-refractivity contribution in [2.45, 2.75) is 33.6 Å². The molecule has 1 aromatic carbocycles. The van der Waals surface area contributed by atoms with Crippen molar-refractivity contribution in [3.05, 3.63) is 35.4 Å². The summed E-state index contributed by atoms with van der Waals surface area (Å²) in [4.78, 5) is 0. The van der Waals surface area contributed by atoms with Crippen LogP contribution in [0.4, 0.5) is 0 Å². The zero-order chi connectivity index (χ0) is 10.1. The third-order valence-corrected chi connectivity index (χ3v) is 1.77. The maximum absolute atomic E-state index is 8.47. The molecule has 0 bridgehead atoms. The lowest BCUT2D eigenvalue weighted by Crippen LogP contribution is -1.77. The summed E-state index contributed by atoms with van der Waals surface area (Å²) >= 11 is 0. The number of nitriles is 1. The number of aryl methyl sites for hydroxylation is 1. The fraction of sp³-hybridized carbons (Fsp3) is 0.417. The first-order valence-electron chi connectivity index (χ1n) is 4.72. The first-order valence-corrected chi connectivity index (χ1v) is 4.72. The Morgan fingerprint density at radius 2 is 1.69 bits per heavy atom. The summed E-state index contributed by atoms with van der Waals surface area (Å²) in [6.07, 6.45) is 2.64. The normalized spacial score (nSPS) is 8.15. The van der Waals surface area contributed by atoms with Gasteiger partial charge in [0.2, 0.25) is 0 Å². The lowest BCUT2D eigenvalue weighted by molar-refractivity contribution is 0.886. The highest BCUT2D eigenvalue weighted by atomic mass is 14.2. The molecule has 0 saturated carbocycles. The largest absolute Gasteiger partial charge is 0.192 e. The summed E-state index contributed by atoms with van der Waals surface area (Å²) in [6.45, 7) is 6.29. The highest BCUT2D eigenvalue weighted by Crippen LogP contribution is 2.03. The van der Waals surface area contributed by atoms with E-state index in [9.17, 15) is 0 Å². The molecular formula is C12H17N. The van der Waals surface area contributed by atoms with Crippen LogP contribution in [0.3, 0.4) is 0 Å². The van der Waals surface area contributed by atoms with Gasteiger partial charge in [-0.25, -0.2) is 0 Å². The van der Waals surface area contributed by atoms with Crippen molar-refractivity contribution >= 4 is 0 Å². The Kier molecular flexibility index (Phi) is 6.63. The Bertz CT molecular complexity index is 269. The van der Waals surface area contributed by atoms with Crippen LogP contribution in [0.1, 0.15) is 37.8 Å². The fourth-order valence-corrected chi connectivity index (χ4v) is 0.698. The molecule has 0 spiro atoms. The smallest absolute Gasteiger partial charge is 0.0994 e. The van der Waals surface area contributed by atoms with Crippen molar-refractivity contribution < 1.29 is 0 Å². The molecule has 70 valence electrons. The van der Waals surface area contributed by atoms with Gasteiger partial charge in [-0.2, -0.15) is 5.26 Å². The Morgan fingerprint density at radius 1 is 1.15 bits per heavy atom. The van der Waals surface area contributed by atoms with Gasteiger partial charge in [0.1, 0.15) is 0 Å². The van der Waals surface area contributed by atoms with E-state index >= 15 is 0 Å². The van der Waals surface area contributed by atoms with Gasteiger partial charge in [-0.05, 0) is 18.6 Å². The second-order valence-electron chi connectivity index (χ2n) is 2.93. The molecular weight excluding hydrogens is 158 g/mol. The molecule has 1 nitrogen and oxygen atoms in total. The summed E-state index contributed by atoms with van der Waals surface area (Å²) in [5.74, 6) is 0. The molecule has 0 aromatic heterocycles. The number of benzene rings is 1. The fourth-order valence-electron chi connectivity index (χ4n) is 0.698. The van der Waals surface area contributed by atoms with E-state index in [-0.39, 0.29) is 0 Å². The second kappa shape index (κ2) is 7.36. The maximum Gasteiger partial charge on any atom is 0.0994 e. The predicted molar refractivity (Wildman–Crippen MR) is 56.5 cm³/mol. The molecule has 0 atom stereocenters. The van der Waals surface area contributed by atoms with Gasteiger partial charge in [-0.1, -0.05) is 44.9 Å². The summed E-state index contributed by atoms with van der Waals surface area (Å²) < 4.78 is 0. The van der Waals surface area contributed by atoms with Crippen LogP contribution in [0.5, 0.6) is 0 Å². The molecule has 0 unspecified atom stereocenters. The molecule has 0 N–H and O–H groups in total. The lowest BCUT2D eigenvalue weighted by Gasteiger charge is -1.90. The topological polar surface area (TPSA) is 23.8 Å². The van der Waals surface area contributed by atoms with Crippen molar-refractivity contribution in [2.24, 2.45) is 0 Å². The third kappa shape index (κ3) is 5.03. The summed E-state index contributed by atoms with van der Waals surface area (Å²) in [6, 6.07) is 9.63. The van der Waals surface area contributed by atoms with Crippen LogP contribution in [0, 0.1) is 18.3 Å². The van der Waals surface area contributed by atoms with Crippen molar-refractivity contribution in [2.75, 3.05) is 0 Å². The van der Waals surface area contributed by atoms with Crippen molar-refractivity contribution in [1.82, 2.24) is 0 Å². The highest BCUT2D eigenvalue weighted by molar-refractivity contribution is 5.35. The standard InChI is InChI=1S/C8H7N.C4H10/c1-7-4-2-3-5-8(7)6-9;1-3-4-2/h2-5H,1H3;3-4H2,1-2H3. The summed E-state index contributed by atoms with van der Waals surface area (Å²) in [5.41, 5.74) is 1.80. The molecule has 0 heterocycles. The van der Waals surface area contributed by atoms with Crippen LogP contribution < -0.4 is 0 Å². The lowest BCUT2D eigenvalue weighted by atomic mass is 10.1. The molecule has 0 aliphatic rings. The van der Waals surface area contributed by atoms with Crippen LogP contribution >= 0.6 is 0 Å².